The molecule has 104 valence electrons. The number of hydrogen-bond donors (Lipinski definition) is 0. The number of benzene rings is 1. The first-order valence-corrected chi connectivity index (χ1v) is 6.82. The number of thiazole rings is 1. The van der Waals surface area contributed by atoms with Crippen LogP contribution in [0.4, 0.5) is 8.78 Å². The topological polar surface area (TPSA) is 42.4 Å². The Bertz CT molecular complexity index is 627. The van der Waals surface area contributed by atoms with Crippen LogP contribution in [0, 0.1) is 11.6 Å². The molecule has 1 saturated heterocycles. The summed E-state index contributed by atoms with van der Waals surface area (Å²) in [6, 6.07) is 3.13. The standard InChI is InChI=1S/C13H10F2N2O2S/c14-10-2-1-8(5-11(10)15)12(18)17-6-9(7-17)19-13-16-3-4-20-13/h1-5,9H,6-7H2. The van der Waals surface area contributed by atoms with E-state index in [1.807, 2.05) is 0 Å². The van der Waals surface area contributed by atoms with E-state index in [9.17, 15) is 13.6 Å². The van der Waals surface area contributed by atoms with Crippen LogP contribution in [0.5, 0.6) is 5.19 Å². The van der Waals surface area contributed by atoms with Gasteiger partial charge in [-0.05, 0) is 18.2 Å². The Morgan fingerprint density at radius 2 is 2.15 bits per heavy atom. The molecule has 0 unspecified atom stereocenters. The molecule has 2 aromatic rings. The number of amides is 1. The lowest BCUT2D eigenvalue weighted by Gasteiger charge is -2.38. The molecule has 1 aliphatic rings. The van der Waals surface area contributed by atoms with Crippen LogP contribution in [0.25, 0.3) is 0 Å². The largest absolute Gasteiger partial charge is 0.463 e. The number of aromatic nitrogens is 1. The summed E-state index contributed by atoms with van der Waals surface area (Å²) in [7, 11) is 0. The monoisotopic (exact) mass is 296 g/mol. The van der Waals surface area contributed by atoms with Crippen molar-refractivity contribution in [1.82, 2.24) is 9.88 Å². The molecule has 3 rings (SSSR count). The fraction of sp³-hybridized carbons (Fsp3) is 0.231. The molecule has 1 aromatic heterocycles. The van der Waals surface area contributed by atoms with Crippen LogP contribution in [0.3, 0.4) is 0 Å². The normalized spacial score (nSPS) is 15.0. The first kappa shape index (κ1) is 13.0. The number of ether oxygens (including phenoxy) is 1. The average molecular weight is 296 g/mol. The fourth-order valence-electron chi connectivity index (χ4n) is 1.90. The minimum atomic E-state index is -1.02. The maximum Gasteiger partial charge on any atom is 0.273 e. The predicted molar refractivity (Wildman–Crippen MR) is 68.8 cm³/mol. The first-order valence-electron chi connectivity index (χ1n) is 5.94. The lowest BCUT2D eigenvalue weighted by Crippen LogP contribution is -2.56. The third-order valence-corrected chi connectivity index (χ3v) is 3.64. The Morgan fingerprint density at radius 1 is 1.35 bits per heavy atom. The van der Waals surface area contributed by atoms with Crippen LogP contribution in [-0.2, 0) is 0 Å². The van der Waals surface area contributed by atoms with Crippen LogP contribution in [-0.4, -0.2) is 35.0 Å². The molecule has 1 aromatic carbocycles. The first-order chi connectivity index (χ1) is 9.63. The van der Waals surface area contributed by atoms with Crippen LogP contribution in [0.1, 0.15) is 10.4 Å². The molecule has 0 saturated carbocycles. The molecule has 0 aliphatic carbocycles. The highest BCUT2D eigenvalue weighted by molar-refractivity contribution is 7.11. The van der Waals surface area contributed by atoms with Gasteiger partial charge in [0.1, 0.15) is 6.10 Å². The SMILES string of the molecule is O=C(c1ccc(F)c(F)c1)N1CC(Oc2nccs2)C1. The summed E-state index contributed by atoms with van der Waals surface area (Å²) in [6.45, 7) is 0.828. The molecule has 7 heteroatoms. The van der Waals surface area contributed by atoms with Gasteiger partial charge >= 0.3 is 0 Å². The Kier molecular flexibility index (Phi) is 3.35. The van der Waals surface area contributed by atoms with Crippen molar-refractivity contribution in [2.24, 2.45) is 0 Å². The zero-order valence-electron chi connectivity index (χ0n) is 10.3. The minimum absolute atomic E-state index is 0.101. The fourth-order valence-corrected chi connectivity index (χ4v) is 2.45. The zero-order chi connectivity index (χ0) is 14.1. The molecular formula is C13H10F2N2O2S. The van der Waals surface area contributed by atoms with Crippen molar-refractivity contribution >= 4 is 17.2 Å². The summed E-state index contributed by atoms with van der Waals surface area (Å²) in [5.74, 6) is -2.31. The zero-order valence-corrected chi connectivity index (χ0v) is 11.1. The highest BCUT2D eigenvalue weighted by atomic mass is 32.1. The van der Waals surface area contributed by atoms with E-state index in [4.69, 9.17) is 4.74 Å². The van der Waals surface area contributed by atoms with E-state index in [1.165, 1.54) is 22.3 Å². The number of halogens is 2. The van der Waals surface area contributed by atoms with E-state index in [0.29, 0.717) is 18.3 Å². The predicted octanol–water partition coefficient (Wildman–Crippen LogP) is 2.32. The Balaban J connectivity index is 1.59. The van der Waals surface area contributed by atoms with Gasteiger partial charge in [0.05, 0.1) is 13.1 Å². The Hall–Kier alpha value is -2.02. The number of carbonyl (C=O) groups excluding carboxylic acids is 1. The second-order valence-corrected chi connectivity index (χ2v) is 5.23. The average Bonchev–Trinajstić information content (AvgIpc) is 2.89. The molecule has 0 bridgehead atoms. The van der Waals surface area contributed by atoms with Crippen molar-refractivity contribution in [2.75, 3.05) is 13.1 Å². The summed E-state index contributed by atoms with van der Waals surface area (Å²) in [5, 5.41) is 2.37. The molecular weight excluding hydrogens is 286 g/mol. The van der Waals surface area contributed by atoms with Crippen LogP contribution < -0.4 is 4.74 Å². The number of likely N-dealkylation sites (tertiary alicyclic amines) is 1. The lowest BCUT2D eigenvalue weighted by atomic mass is 10.1. The third kappa shape index (κ3) is 2.49. The maximum atomic E-state index is 13.1. The van der Waals surface area contributed by atoms with Gasteiger partial charge in [0.25, 0.3) is 11.1 Å². The van der Waals surface area contributed by atoms with Crippen LogP contribution in [0.15, 0.2) is 29.8 Å². The van der Waals surface area contributed by atoms with Crippen molar-refractivity contribution in [3.8, 4) is 5.19 Å². The van der Waals surface area contributed by atoms with Crippen molar-refractivity contribution in [3.63, 3.8) is 0 Å². The van der Waals surface area contributed by atoms with Gasteiger partial charge in [-0.1, -0.05) is 11.3 Å². The van der Waals surface area contributed by atoms with E-state index in [0.717, 1.165) is 12.1 Å². The number of rotatable bonds is 3. The van der Waals surface area contributed by atoms with E-state index >= 15 is 0 Å². The second-order valence-electron chi connectivity index (χ2n) is 4.38. The van der Waals surface area contributed by atoms with Gasteiger partial charge in [-0.3, -0.25) is 4.79 Å². The van der Waals surface area contributed by atoms with Crippen molar-refractivity contribution in [1.29, 1.82) is 0 Å². The molecule has 1 amide bonds. The highest BCUT2D eigenvalue weighted by Crippen LogP contribution is 2.22. The van der Waals surface area contributed by atoms with Gasteiger partial charge in [0, 0.05) is 17.1 Å². The quantitative estimate of drug-likeness (QED) is 0.873. The van der Waals surface area contributed by atoms with E-state index < -0.39 is 11.6 Å². The van der Waals surface area contributed by atoms with Crippen molar-refractivity contribution in [2.45, 2.75) is 6.10 Å². The molecule has 20 heavy (non-hydrogen) atoms. The van der Waals surface area contributed by atoms with Gasteiger partial charge in [0.2, 0.25) is 0 Å². The third-order valence-electron chi connectivity index (χ3n) is 2.98. The van der Waals surface area contributed by atoms with Gasteiger partial charge < -0.3 is 9.64 Å². The number of carbonyl (C=O) groups is 1. The number of hydrogen-bond acceptors (Lipinski definition) is 4. The summed E-state index contributed by atoms with van der Waals surface area (Å²) in [4.78, 5) is 17.5. The molecule has 0 atom stereocenters. The van der Waals surface area contributed by atoms with Crippen LogP contribution in [0.2, 0.25) is 0 Å². The Morgan fingerprint density at radius 3 is 2.80 bits per heavy atom. The molecule has 1 aliphatic heterocycles. The smallest absolute Gasteiger partial charge is 0.273 e. The van der Waals surface area contributed by atoms with Gasteiger partial charge in [-0.15, -0.1) is 0 Å². The summed E-state index contributed by atoms with van der Waals surface area (Å²) in [5.41, 5.74) is 0.136. The summed E-state index contributed by atoms with van der Waals surface area (Å²) < 4.78 is 31.4. The second kappa shape index (κ2) is 5.16. The van der Waals surface area contributed by atoms with E-state index in [-0.39, 0.29) is 17.6 Å². The molecule has 0 N–H and O–H groups in total. The Labute approximate surface area is 117 Å². The molecule has 4 nitrogen and oxygen atoms in total. The van der Waals surface area contributed by atoms with Gasteiger partial charge in [-0.2, -0.15) is 0 Å². The lowest BCUT2D eigenvalue weighted by molar-refractivity contribution is 0.0176. The maximum absolute atomic E-state index is 13.1. The molecule has 2 heterocycles. The van der Waals surface area contributed by atoms with Gasteiger partial charge in [0.15, 0.2) is 11.6 Å². The van der Waals surface area contributed by atoms with Gasteiger partial charge in [-0.25, -0.2) is 13.8 Å². The highest BCUT2D eigenvalue weighted by Gasteiger charge is 2.33. The van der Waals surface area contributed by atoms with E-state index in [1.54, 1.807) is 11.6 Å². The van der Waals surface area contributed by atoms with Crippen molar-refractivity contribution < 1.29 is 18.3 Å². The molecule has 1 fully saturated rings. The van der Waals surface area contributed by atoms with Crippen molar-refractivity contribution in [3.05, 3.63) is 47.0 Å². The molecule has 0 spiro atoms. The summed E-state index contributed by atoms with van der Waals surface area (Å²) >= 11 is 1.38. The summed E-state index contributed by atoms with van der Waals surface area (Å²) in [6.07, 6.45) is 1.54. The number of nitrogens with zero attached hydrogens (tertiary/aromatic N) is 2. The van der Waals surface area contributed by atoms with Crippen LogP contribution >= 0.6 is 11.3 Å². The minimum Gasteiger partial charge on any atom is -0.463 e. The molecule has 0 radical (unpaired) electrons. The van der Waals surface area contributed by atoms with E-state index in [2.05, 4.69) is 4.98 Å².